The van der Waals surface area contributed by atoms with E-state index in [1.165, 1.54) is 5.56 Å². The smallest absolute Gasteiger partial charge is 0.124 e. The molecule has 0 spiro atoms. The number of likely N-dealkylation sites (N-methyl/N-ethyl adjacent to an activating group) is 1. The van der Waals surface area contributed by atoms with Crippen LogP contribution in [0.2, 0.25) is 0 Å². The quantitative estimate of drug-likeness (QED) is 0.749. The van der Waals surface area contributed by atoms with Crippen molar-refractivity contribution in [3.63, 3.8) is 0 Å². The Balaban J connectivity index is 3.10. The van der Waals surface area contributed by atoms with Crippen LogP contribution in [0.5, 0.6) is 5.75 Å². The van der Waals surface area contributed by atoms with Crippen molar-refractivity contribution in [2.24, 2.45) is 0 Å². The maximum Gasteiger partial charge on any atom is 0.124 e. The molecule has 0 aromatic heterocycles. The number of nitrogens with zero attached hydrogens (tertiary/aromatic N) is 1. The largest absolute Gasteiger partial charge is 0.496 e. The van der Waals surface area contributed by atoms with Crippen LogP contribution < -0.4 is 4.74 Å². The Kier molecular flexibility index (Phi) is 5.85. The van der Waals surface area contributed by atoms with Crippen LogP contribution in [0.3, 0.4) is 0 Å². The number of methoxy groups -OCH3 is 1. The summed E-state index contributed by atoms with van der Waals surface area (Å²) in [7, 11) is 1.58. The van der Waals surface area contributed by atoms with Crippen LogP contribution in [-0.4, -0.2) is 44.7 Å². The summed E-state index contributed by atoms with van der Waals surface area (Å²) in [5.74, 6) is 1.05. The Morgan fingerprint density at radius 1 is 1.25 bits per heavy atom. The van der Waals surface area contributed by atoms with Gasteiger partial charge >= 0.3 is 0 Å². The van der Waals surface area contributed by atoms with Gasteiger partial charge in [-0.2, -0.15) is 0 Å². The fraction of sp³-hybridized carbons (Fsp3) is 0.625. The second-order valence-corrected chi connectivity index (χ2v) is 9.42. The molecule has 1 aromatic carbocycles. The molecule has 0 aliphatic carbocycles. The zero-order valence-electron chi connectivity index (χ0n) is 13.9. The first-order chi connectivity index (χ1) is 9.20. The fourth-order valence-corrected chi connectivity index (χ4v) is 4.51. The van der Waals surface area contributed by atoms with E-state index in [0.29, 0.717) is 0 Å². The molecule has 0 aliphatic heterocycles. The van der Waals surface area contributed by atoms with Crippen LogP contribution in [-0.2, 0) is 11.0 Å². The monoisotopic (exact) mass is 297 g/mol. The van der Waals surface area contributed by atoms with E-state index in [2.05, 4.69) is 37.8 Å². The van der Waals surface area contributed by atoms with Crippen molar-refractivity contribution in [1.82, 2.24) is 4.90 Å². The number of aryl methyl sites for hydroxylation is 2. The van der Waals surface area contributed by atoms with Gasteiger partial charge in [-0.3, -0.25) is 4.90 Å². The maximum absolute atomic E-state index is 12.5. The summed E-state index contributed by atoms with van der Waals surface area (Å²) < 4.78 is 18.0. The minimum absolute atomic E-state index is 0.0969. The zero-order valence-corrected chi connectivity index (χ0v) is 14.8. The molecular weight excluding hydrogens is 269 g/mol. The van der Waals surface area contributed by atoms with E-state index in [1.54, 1.807) is 7.11 Å². The lowest BCUT2D eigenvalue weighted by Crippen LogP contribution is -2.33. The first-order valence-corrected chi connectivity index (χ1v) is 9.76. The van der Waals surface area contributed by atoms with E-state index >= 15 is 0 Å². The predicted octanol–water partition coefficient (Wildman–Crippen LogP) is 3.76. The second kappa shape index (κ2) is 6.78. The Bertz CT molecular complexity index is 484. The molecule has 4 heteroatoms. The van der Waals surface area contributed by atoms with Gasteiger partial charge in [0.25, 0.3) is 0 Å². The molecule has 20 heavy (non-hydrogen) atoms. The minimum atomic E-state index is -2.17. The van der Waals surface area contributed by atoms with Crippen molar-refractivity contribution in [3.8, 4) is 5.75 Å². The van der Waals surface area contributed by atoms with Crippen LogP contribution in [0.4, 0.5) is 0 Å². The average molecular weight is 297 g/mol. The van der Waals surface area contributed by atoms with Gasteiger partial charge in [-0.05, 0) is 63.9 Å². The van der Waals surface area contributed by atoms with Crippen molar-refractivity contribution in [1.29, 1.82) is 0 Å². The fourth-order valence-electron chi connectivity index (χ4n) is 2.75. The molecule has 114 valence electrons. The highest BCUT2D eigenvalue weighted by Crippen LogP contribution is 2.45. The first kappa shape index (κ1) is 17.3. The lowest BCUT2D eigenvalue weighted by molar-refractivity contribution is 0.315. The third kappa shape index (κ3) is 4.10. The maximum atomic E-state index is 12.5. The Morgan fingerprint density at radius 3 is 2.10 bits per heavy atom. The van der Waals surface area contributed by atoms with E-state index in [1.807, 2.05) is 20.4 Å². The first-order valence-electron chi connectivity index (χ1n) is 7.09. The van der Waals surface area contributed by atoms with Gasteiger partial charge in [-0.1, -0.05) is 19.1 Å². The van der Waals surface area contributed by atoms with Gasteiger partial charge in [0.05, 0.1) is 20.0 Å². The number of hydrogen-bond donors (Lipinski definition) is 0. The lowest BCUT2D eigenvalue weighted by atomic mass is 10.0. The number of rotatable bonds is 6. The molecule has 3 nitrogen and oxygen atoms in total. The summed E-state index contributed by atoms with van der Waals surface area (Å²) in [6.07, 6.45) is 0.820. The van der Waals surface area contributed by atoms with Gasteiger partial charge in [-0.15, -0.1) is 0 Å². The van der Waals surface area contributed by atoms with Crippen LogP contribution >= 0.6 is 7.14 Å². The van der Waals surface area contributed by atoms with E-state index in [-0.39, 0.29) is 5.78 Å². The Labute approximate surface area is 123 Å². The molecule has 0 N–H and O–H groups in total. The van der Waals surface area contributed by atoms with Crippen LogP contribution in [0.1, 0.15) is 23.6 Å². The molecule has 0 saturated heterocycles. The van der Waals surface area contributed by atoms with Gasteiger partial charge in [-0.25, -0.2) is 0 Å². The summed E-state index contributed by atoms with van der Waals surface area (Å²) in [5.41, 5.74) is 3.51. The third-order valence-corrected chi connectivity index (χ3v) is 5.88. The summed E-state index contributed by atoms with van der Waals surface area (Å²) in [6, 6.07) is 4.30. The molecular formula is C16H28NO2P. The molecule has 0 fully saturated rings. The van der Waals surface area contributed by atoms with Gasteiger partial charge in [0.15, 0.2) is 0 Å². The average Bonchev–Trinajstić information content (AvgIpc) is 2.33. The van der Waals surface area contributed by atoms with E-state index in [0.717, 1.165) is 29.8 Å². The number of hydrogen-bond acceptors (Lipinski definition) is 3. The summed E-state index contributed by atoms with van der Waals surface area (Å²) in [6.45, 7) is 10.9. The van der Waals surface area contributed by atoms with Crippen molar-refractivity contribution in [2.75, 3.05) is 34.0 Å². The summed E-state index contributed by atoms with van der Waals surface area (Å²) >= 11 is 0. The topological polar surface area (TPSA) is 29.5 Å². The van der Waals surface area contributed by atoms with Crippen molar-refractivity contribution >= 4 is 7.14 Å². The summed E-state index contributed by atoms with van der Waals surface area (Å²) in [4.78, 5) is 2.19. The molecule has 0 heterocycles. The predicted molar refractivity (Wildman–Crippen MR) is 87.7 cm³/mol. The summed E-state index contributed by atoms with van der Waals surface area (Å²) in [5, 5.41) is 0. The molecule has 0 bridgehead atoms. The van der Waals surface area contributed by atoms with Crippen LogP contribution in [0, 0.1) is 13.8 Å². The van der Waals surface area contributed by atoms with Crippen LogP contribution in [0.15, 0.2) is 12.1 Å². The van der Waals surface area contributed by atoms with Crippen molar-refractivity contribution in [2.45, 2.75) is 33.0 Å². The second-order valence-electron chi connectivity index (χ2n) is 5.96. The van der Waals surface area contributed by atoms with Gasteiger partial charge in [0.1, 0.15) is 5.75 Å². The number of ether oxygens (including phenoxy) is 1. The van der Waals surface area contributed by atoms with E-state index in [4.69, 9.17) is 4.74 Å². The minimum Gasteiger partial charge on any atom is -0.496 e. The third-order valence-electron chi connectivity index (χ3n) is 3.87. The zero-order chi connectivity index (χ0) is 15.5. The molecule has 0 aliphatic rings. The SMILES string of the molecule is CCN(C)C(Cc1cc(C)c(OC)c(C)c1)P(C)(C)=O. The highest BCUT2D eigenvalue weighted by atomic mass is 31.2. The molecule has 1 unspecified atom stereocenters. The molecule has 0 amide bonds. The molecule has 1 aromatic rings. The highest BCUT2D eigenvalue weighted by molar-refractivity contribution is 7.63. The van der Waals surface area contributed by atoms with Gasteiger partial charge in [0.2, 0.25) is 0 Å². The van der Waals surface area contributed by atoms with Crippen LogP contribution in [0.25, 0.3) is 0 Å². The Hall–Kier alpha value is -0.790. The number of benzene rings is 1. The standard InChI is InChI=1S/C16H28NO2P/c1-8-17(4)15(20(6,7)18)11-14-9-12(2)16(19-5)13(3)10-14/h9-10,15H,8,11H2,1-7H3. The molecule has 0 radical (unpaired) electrons. The molecule has 1 atom stereocenters. The molecule has 1 rings (SSSR count). The molecule has 0 saturated carbocycles. The lowest BCUT2D eigenvalue weighted by Gasteiger charge is -2.30. The van der Waals surface area contributed by atoms with Crippen molar-refractivity contribution < 1.29 is 9.30 Å². The van der Waals surface area contributed by atoms with E-state index < -0.39 is 7.14 Å². The van der Waals surface area contributed by atoms with Gasteiger partial charge in [0, 0.05) is 0 Å². The normalized spacial score (nSPS) is 13.6. The Morgan fingerprint density at radius 2 is 1.75 bits per heavy atom. The highest BCUT2D eigenvalue weighted by Gasteiger charge is 2.27. The van der Waals surface area contributed by atoms with E-state index in [9.17, 15) is 4.57 Å². The van der Waals surface area contributed by atoms with Gasteiger partial charge < -0.3 is 9.30 Å². The van der Waals surface area contributed by atoms with Crippen molar-refractivity contribution in [3.05, 3.63) is 28.8 Å².